The van der Waals surface area contributed by atoms with Gasteiger partial charge in [0.05, 0.1) is 11.0 Å². The van der Waals surface area contributed by atoms with Crippen molar-refractivity contribution in [1.29, 1.82) is 0 Å². The number of fused-ring (bicyclic) bond motifs is 7. The molecule has 0 aliphatic heterocycles. The van der Waals surface area contributed by atoms with Crippen molar-refractivity contribution in [2.45, 2.75) is 6.92 Å². The molecule has 4 aromatic carbocycles. The number of rotatable bonds is 1. The van der Waals surface area contributed by atoms with Gasteiger partial charge in [0, 0.05) is 27.2 Å². The average Bonchev–Trinajstić information content (AvgIpc) is 3.24. The molecule has 0 radical (unpaired) electrons. The van der Waals surface area contributed by atoms with Gasteiger partial charge in [-0.2, -0.15) is 0 Å². The molecule has 6 rings (SSSR count). The normalized spacial score (nSPS) is 11.9. The van der Waals surface area contributed by atoms with Gasteiger partial charge in [-0.1, -0.05) is 54.1 Å². The molecule has 0 aliphatic rings. The number of para-hydroxylation sites is 2. The zero-order valence-electron chi connectivity index (χ0n) is 14.9. The van der Waals surface area contributed by atoms with E-state index in [1.54, 1.807) is 0 Å². The van der Waals surface area contributed by atoms with Crippen molar-refractivity contribution in [2.75, 3.05) is 0 Å². The Bertz CT molecular complexity index is 1470. The lowest BCUT2D eigenvalue weighted by atomic mass is 10.1. The minimum absolute atomic E-state index is 0.937. The van der Waals surface area contributed by atoms with Gasteiger partial charge in [-0.3, -0.25) is 0 Å². The van der Waals surface area contributed by atoms with Crippen LogP contribution >= 0.6 is 0 Å². The van der Waals surface area contributed by atoms with E-state index in [4.69, 9.17) is 4.42 Å². The lowest BCUT2D eigenvalue weighted by molar-refractivity contribution is 0.669. The van der Waals surface area contributed by atoms with Crippen LogP contribution in [0.25, 0.3) is 49.4 Å². The van der Waals surface area contributed by atoms with Crippen LogP contribution in [0.15, 0.2) is 89.3 Å². The summed E-state index contributed by atoms with van der Waals surface area (Å²) in [5.41, 5.74) is 6.75. The summed E-state index contributed by atoms with van der Waals surface area (Å²) in [4.78, 5) is 0. The lowest BCUT2D eigenvalue weighted by Gasteiger charge is -2.08. The Hall–Kier alpha value is -3.52. The van der Waals surface area contributed by atoms with Crippen LogP contribution in [-0.2, 0) is 0 Å². The van der Waals surface area contributed by atoms with Crippen LogP contribution in [0.5, 0.6) is 0 Å². The molecule has 0 amide bonds. The second-order valence-corrected chi connectivity index (χ2v) is 7.12. The predicted octanol–water partition coefficient (Wildman–Crippen LogP) is 6.99. The summed E-state index contributed by atoms with van der Waals surface area (Å²) in [5.74, 6) is 0. The van der Waals surface area contributed by atoms with Gasteiger partial charge in [0.1, 0.15) is 11.2 Å². The Kier molecular flexibility index (Phi) is 2.84. The molecule has 6 aromatic rings. The van der Waals surface area contributed by atoms with Crippen LogP contribution in [0.1, 0.15) is 5.56 Å². The fourth-order valence-electron chi connectivity index (χ4n) is 4.25. The number of furan rings is 1. The molecule has 2 nitrogen and oxygen atoms in total. The molecule has 0 N–H and O–H groups in total. The van der Waals surface area contributed by atoms with E-state index in [-0.39, 0.29) is 0 Å². The van der Waals surface area contributed by atoms with Crippen LogP contribution in [0, 0.1) is 6.92 Å². The smallest absolute Gasteiger partial charge is 0.136 e. The summed E-state index contributed by atoms with van der Waals surface area (Å²) >= 11 is 0. The molecule has 0 fully saturated rings. The largest absolute Gasteiger partial charge is 0.456 e. The van der Waals surface area contributed by atoms with Gasteiger partial charge in [0.15, 0.2) is 0 Å². The maximum Gasteiger partial charge on any atom is 0.136 e. The molecule has 0 spiro atoms. The maximum absolute atomic E-state index is 6.13. The Labute approximate surface area is 156 Å². The Morgan fingerprint density at radius 1 is 0.593 bits per heavy atom. The first kappa shape index (κ1) is 14.6. The molecular weight excluding hydrogens is 330 g/mol. The number of aryl methyl sites for hydroxylation is 1. The second-order valence-electron chi connectivity index (χ2n) is 7.12. The second kappa shape index (κ2) is 5.24. The summed E-state index contributed by atoms with van der Waals surface area (Å²) in [6.45, 7) is 2.12. The zero-order valence-corrected chi connectivity index (χ0v) is 14.9. The van der Waals surface area contributed by atoms with Crippen molar-refractivity contribution in [3.63, 3.8) is 0 Å². The standard InChI is InChI=1S/C25H17NO/c1-16-10-12-17(13-11-16)26-20-8-4-2-6-18(20)24-21(26)14-15-23-25(24)19-7-3-5-9-22(19)27-23/h2-15H,1H3. The Balaban J connectivity index is 1.88. The predicted molar refractivity (Wildman–Crippen MR) is 113 cm³/mol. The fraction of sp³-hybridized carbons (Fsp3) is 0.0400. The molecule has 27 heavy (non-hydrogen) atoms. The topological polar surface area (TPSA) is 18.1 Å². The third-order valence-electron chi connectivity index (χ3n) is 5.47. The van der Waals surface area contributed by atoms with Gasteiger partial charge in [0.2, 0.25) is 0 Å². The van der Waals surface area contributed by atoms with Crippen molar-refractivity contribution in [1.82, 2.24) is 4.57 Å². The molecule has 2 heterocycles. The summed E-state index contributed by atoms with van der Waals surface area (Å²) < 4.78 is 8.48. The minimum Gasteiger partial charge on any atom is -0.456 e. The first-order valence-electron chi connectivity index (χ1n) is 9.22. The third-order valence-corrected chi connectivity index (χ3v) is 5.47. The van der Waals surface area contributed by atoms with Gasteiger partial charge < -0.3 is 8.98 Å². The highest BCUT2D eigenvalue weighted by Crippen LogP contribution is 2.40. The van der Waals surface area contributed by atoms with Gasteiger partial charge in [-0.05, 0) is 43.3 Å². The molecule has 0 saturated carbocycles. The van der Waals surface area contributed by atoms with Gasteiger partial charge in [0.25, 0.3) is 0 Å². The molecule has 0 aliphatic carbocycles. The van der Waals surface area contributed by atoms with E-state index < -0.39 is 0 Å². The molecule has 0 atom stereocenters. The number of nitrogens with zero attached hydrogens (tertiary/aromatic N) is 1. The van der Waals surface area contributed by atoms with E-state index in [2.05, 4.69) is 84.3 Å². The molecular formula is C25H17NO. The van der Waals surface area contributed by atoms with E-state index in [0.29, 0.717) is 0 Å². The third kappa shape index (κ3) is 1.95. The SMILES string of the molecule is Cc1ccc(-n2c3ccccc3c3c4c(ccc32)oc2ccccc24)cc1. The van der Waals surface area contributed by atoms with Gasteiger partial charge in [-0.15, -0.1) is 0 Å². The number of hydrogen-bond acceptors (Lipinski definition) is 1. The van der Waals surface area contributed by atoms with Crippen LogP contribution in [0.2, 0.25) is 0 Å². The first-order valence-corrected chi connectivity index (χ1v) is 9.22. The van der Waals surface area contributed by atoms with Crippen LogP contribution in [-0.4, -0.2) is 4.57 Å². The highest BCUT2D eigenvalue weighted by molar-refractivity contribution is 6.27. The highest BCUT2D eigenvalue weighted by Gasteiger charge is 2.17. The average molecular weight is 347 g/mol. The van der Waals surface area contributed by atoms with Crippen molar-refractivity contribution in [3.05, 3.63) is 90.5 Å². The fourth-order valence-corrected chi connectivity index (χ4v) is 4.25. The lowest BCUT2D eigenvalue weighted by Crippen LogP contribution is -1.93. The molecule has 2 aromatic heterocycles. The molecule has 128 valence electrons. The van der Waals surface area contributed by atoms with E-state index in [0.717, 1.165) is 11.2 Å². The molecule has 0 saturated heterocycles. The minimum atomic E-state index is 0.937. The van der Waals surface area contributed by atoms with Crippen molar-refractivity contribution < 1.29 is 4.42 Å². The molecule has 0 bridgehead atoms. The Morgan fingerprint density at radius 2 is 1.33 bits per heavy atom. The van der Waals surface area contributed by atoms with Crippen molar-refractivity contribution in [3.8, 4) is 5.69 Å². The Morgan fingerprint density at radius 3 is 2.19 bits per heavy atom. The molecule has 2 heteroatoms. The summed E-state index contributed by atoms with van der Waals surface area (Å²) in [6, 6.07) is 29.9. The number of hydrogen-bond donors (Lipinski definition) is 0. The molecule has 0 unspecified atom stereocenters. The van der Waals surface area contributed by atoms with Crippen LogP contribution in [0.3, 0.4) is 0 Å². The van der Waals surface area contributed by atoms with Crippen molar-refractivity contribution >= 4 is 43.7 Å². The highest BCUT2D eigenvalue weighted by atomic mass is 16.3. The van der Waals surface area contributed by atoms with E-state index in [1.165, 1.54) is 43.8 Å². The number of benzene rings is 4. The van der Waals surface area contributed by atoms with E-state index >= 15 is 0 Å². The zero-order chi connectivity index (χ0) is 18.0. The van der Waals surface area contributed by atoms with Gasteiger partial charge in [-0.25, -0.2) is 0 Å². The monoisotopic (exact) mass is 347 g/mol. The van der Waals surface area contributed by atoms with Crippen LogP contribution in [0.4, 0.5) is 0 Å². The maximum atomic E-state index is 6.13. The summed E-state index contributed by atoms with van der Waals surface area (Å²) in [5, 5.41) is 4.88. The van der Waals surface area contributed by atoms with Crippen molar-refractivity contribution in [2.24, 2.45) is 0 Å². The summed E-state index contributed by atoms with van der Waals surface area (Å²) in [6.07, 6.45) is 0. The van der Waals surface area contributed by atoms with E-state index in [9.17, 15) is 0 Å². The van der Waals surface area contributed by atoms with Gasteiger partial charge >= 0.3 is 0 Å². The number of aromatic nitrogens is 1. The van der Waals surface area contributed by atoms with E-state index in [1.807, 2.05) is 12.1 Å². The quantitative estimate of drug-likeness (QED) is 0.313. The van der Waals surface area contributed by atoms with Crippen LogP contribution < -0.4 is 0 Å². The summed E-state index contributed by atoms with van der Waals surface area (Å²) in [7, 11) is 0. The first-order chi connectivity index (χ1) is 13.3.